The van der Waals surface area contributed by atoms with E-state index < -0.39 is 0 Å². The smallest absolute Gasteiger partial charge is 0.271 e. The molecule has 2 aromatic heterocycles. The summed E-state index contributed by atoms with van der Waals surface area (Å²) >= 11 is 1.43. The van der Waals surface area contributed by atoms with Gasteiger partial charge in [0.15, 0.2) is 0 Å². The second-order valence-electron chi connectivity index (χ2n) is 4.16. The van der Waals surface area contributed by atoms with Crippen LogP contribution in [0.5, 0.6) is 5.75 Å². The van der Waals surface area contributed by atoms with Crippen LogP contribution in [0, 0.1) is 0 Å². The van der Waals surface area contributed by atoms with Gasteiger partial charge >= 0.3 is 0 Å². The summed E-state index contributed by atoms with van der Waals surface area (Å²) in [6.07, 6.45) is 1.59. The van der Waals surface area contributed by atoms with E-state index in [1.165, 1.54) is 11.3 Å². The fourth-order valence-corrected chi connectivity index (χ4v) is 2.75. The highest BCUT2D eigenvalue weighted by Crippen LogP contribution is 2.15. The van der Waals surface area contributed by atoms with Crippen LogP contribution in [-0.2, 0) is 6.54 Å². The van der Waals surface area contributed by atoms with Crippen LogP contribution >= 0.6 is 11.3 Å². The van der Waals surface area contributed by atoms with Crippen molar-refractivity contribution in [1.29, 1.82) is 0 Å². The molecule has 2 heterocycles. The van der Waals surface area contributed by atoms with Crippen molar-refractivity contribution in [1.82, 2.24) is 9.55 Å². The van der Waals surface area contributed by atoms with Crippen molar-refractivity contribution in [2.45, 2.75) is 6.54 Å². The molecule has 0 bridgehead atoms. The van der Waals surface area contributed by atoms with E-state index in [0.29, 0.717) is 11.2 Å². The van der Waals surface area contributed by atoms with Gasteiger partial charge in [0.05, 0.1) is 25.5 Å². The summed E-state index contributed by atoms with van der Waals surface area (Å²) in [5, 5.41) is 1.88. The topological polar surface area (TPSA) is 44.1 Å². The van der Waals surface area contributed by atoms with E-state index >= 15 is 0 Å². The minimum absolute atomic E-state index is 0.00261. The van der Waals surface area contributed by atoms with E-state index in [4.69, 9.17) is 4.74 Å². The lowest BCUT2D eigenvalue weighted by Crippen LogP contribution is -2.20. The van der Waals surface area contributed by atoms with Gasteiger partial charge in [-0.25, -0.2) is 4.98 Å². The fourth-order valence-electron chi connectivity index (χ4n) is 1.96. The van der Waals surface area contributed by atoms with Crippen LogP contribution in [0.3, 0.4) is 0 Å². The second kappa shape index (κ2) is 4.85. The first-order valence-electron chi connectivity index (χ1n) is 5.83. The number of ether oxygens (including phenoxy) is 1. The van der Waals surface area contributed by atoms with E-state index in [2.05, 4.69) is 4.98 Å². The Morgan fingerprint density at radius 1 is 1.37 bits per heavy atom. The third-order valence-corrected chi connectivity index (χ3v) is 3.81. The first kappa shape index (κ1) is 11.9. The average molecular weight is 272 g/mol. The molecule has 0 fully saturated rings. The van der Waals surface area contributed by atoms with Crippen molar-refractivity contribution >= 4 is 21.6 Å². The zero-order chi connectivity index (χ0) is 13.2. The van der Waals surface area contributed by atoms with Gasteiger partial charge in [-0.2, -0.15) is 0 Å². The van der Waals surface area contributed by atoms with Gasteiger partial charge in [0, 0.05) is 0 Å². The van der Waals surface area contributed by atoms with E-state index in [0.717, 1.165) is 16.8 Å². The Labute approximate surface area is 113 Å². The van der Waals surface area contributed by atoms with Crippen molar-refractivity contribution in [3.63, 3.8) is 0 Å². The largest absolute Gasteiger partial charge is 0.497 e. The van der Waals surface area contributed by atoms with Gasteiger partial charge in [-0.15, -0.1) is 11.3 Å². The van der Waals surface area contributed by atoms with Crippen molar-refractivity contribution in [3.8, 4) is 5.75 Å². The lowest BCUT2D eigenvalue weighted by Gasteiger charge is -2.07. The van der Waals surface area contributed by atoms with Gasteiger partial charge in [-0.3, -0.25) is 9.36 Å². The molecule has 5 heteroatoms. The number of hydrogen-bond acceptors (Lipinski definition) is 4. The molecule has 0 unspecified atom stereocenters. The van der Waals surface area contributed by atoms with Crippen LogP contribution in [-0.4, -0.2) is 16.7 Å². The molecular weight excluding hydrogens is 260 g/mol. The Morgan fingerprint density at radius 3 is 3.11 bits per heavy atom. The third-order valence-electron chi connectivity index (χ3n) is 2.92. The number of fused-ring (bicyclic) bond motifs is 1. The van der Waals surface area contributed by atoms with E-state index in [1.54, 1.807) is 18.0 Å². The number of methoxy groups -OCH3 is 1. The fraction of sp³-hybridized carbons (Fsp3) is 0.143. The van der Waals surface area contributed by atoms with Crippen LogP contribution in [0.4, 0.5) is 0 Å². The highest BCUT2D eigenvalue weighted by atomic mass is 32.1. The Morgan fingerprint density at radius 2 is 2.26 bits per heavy atom. The van der Waals surface area contributed by atoms with Crippen molar-refractivity contribution in [2.24, 2.45) is 0 Å². The average Bonchev–Trinajstić information content (AvgIpc) is 2.91. The summed E-state index contributed by atoms with van der Waals surface area (Å²) in [5.41, 5.74) is 1.78. The highest BCUT2D eigenvalue weighted by molar-refractivity contribution is 7.17. The molecule has 0 amide bonds. The van der Waals surface area contributed by atoms with Gasteiger partial charge in [-0.1, -0.05) is 12.1 Å². The maximum Gasteiger partial charge on any atom is 0.271 e. The van der Waals surface area contributed by atoms with Gasteiger partial charge in [0.2, 0.25) is 0 Å². The van der Waals surface area contributed by atoms with Crippen LogP contribution in [0.2, 0.25) is 0 Å². The first-order chi connectivity index (χ1) is 9.28. The number of aromatic nitrogens is 2. The molecule has 0 saturated carbocycles. The van der Waals surface area contributed by atoms with E-state index in [1.807, 2.05) is 35.7 Å². The Balaban J connectivity index is 2.00. The van der Waals surface area contributed by atoms with Crippen molar-refractivity contribution < 1.29 is 4.74 Å². The molecule has 0 saturated heterocycles. The van der Waals surface area contributed by atoms with Crippen LogP contribution in [0.25, 0.3) is 10.2 Å². The predicted molar refractivity (Wildman–Crippen MR) is 76.0 cm³/mol. The molecule has 0 aliphatic heterocycles. The number of hydrogen-bond donors (Lipinski definition) is 0. The van der Waals surface area contributed by atoms with Crippen LogP contribution < -0.4 is 10.3 Å². The predicted octanol–water partition coefficient (Wildman–Crippen LogP) is 2.51. The zero-order valence-corrected chi connectivity index (χ0v) is 11.2. The highest BCUT2D eigenvalue weighted by Gasteiger charge is 2.06. The molecular formula is C14H12N2O2S. The Hall–Kier alpha value is -2.14. The molecule has 96 valence electrons. The Kier molecular flexibility index (Phi) is 3.05. The second-order valence-corrected chi connectivity index (χ2v) is 5.08. The number of thiophene rings is 1. The summed E-state index contributed by atoms with van der Waals surface area (Å²) in [5.74, 6) is 0.788. The normalized spacial score (nSPS) is 10.8. The van der Waals surface area contributed by atoms with E-state index in [9.17, 15) is 4.79 Å². The molecule has 19 heavy (non-hydrogen) atoms. The molecule has 0 N–H and O–H groups in total. The summed E-state index contributed by atoms with van der Waals surface area (Å²) < 4.78 is 7.50. The minimum atomic E-state index is 0.00261. The summed E-state index contributed by atoms with van der Waals surface area (Å²) in [6, 6.07) is 9.54. The lowest BCUT2D eigenvalue weighted by molar-refractivity contribution is 0.414. The van der Waals surface area contributed by atoms with Gasteiger partial charge in [-0.05, 0) is 29.1 Å². The molecule has 0 radical (unpaired) electrons. The standard InChI is InChI=1S/C14H12N2O2S/c1-18-11-4-2-3-10(7-11)8-16-9-15-12-5-6-19-13(12)14(16)17/h2-7,9H,8H2,1H3. The van der Waals surface area contributed by atoms with Crippen molar-refractivity contribution in [3.05, 3.63) is 58.0 Å². The Bertz CT molecular complexity index is 776. The van der Waals surface area contributed by atoms with Gasteiger partial charge in [0.25, 0.3) is 5.56 Å². The quantitative estimate of drug-likeness (QED) is 0.736. The summed E-state index contributed by atoms with van der Waals surface area (Å²) in [6.45, 7) is 0.497. The molecule has 0 spiro atoms. The van der Waals surface area contributed by atoms with Crippen molar-refractivity contribution in [2.75, 3.05) is 7.11 Å². The van der Waals surface area contributed by atoms with E-state index in [-0.39, 0.29) is 5.56 Å². The molecule has 3 rings (SSSR count). The van der Waals surface area contributed by atoms with Crippen LogP contribution in [0.1, 0.15) is 5.56 Å². The lowest BCUT2D eigenvalue weighted by atomic mass is 10.2. The maximum atomic E-state index is 12.3. The molecule has 3 aromatic rings. The maximum absolute atomic E-state index is 12.3. The molecule has 0 aliphatic carbocycles. The number of benzene rings is 1. The first-order valence-corrected chi connectivity index (χ1v) is 6.71. The minimum Gasteiger partial charge on any atom is -0.497 e. The number of rotatable bonds is 3. The number of nitrogens with zero attached hydrogens (tertiary/aromatic N) is 2. The van der Waals surface area contributed by atoms with Gasteiger partial charge in [0.1, 0.15) is 10.4 Å². The monoisotopic (exact) mass is 272 g/mol. The molecule has 0 atom stereocenters. The zero-order valence-electron chi connectivity index (χ0n) is 10.4. The molecule has 4 nitrogen and oxygen atoms in total. The SMILES string of the molecule is COc1cccc(Cn2cnc3ccsc3c2=O)c1. The third kappa shape index (κ3) is 2.24. The molecule has 1 aromatic carbocycles. The molecule has 0 aliphatic rings. The summed E-state index contributed by atoms with van der Waals surface area (Å²) in [7, 11) is 1.63. The van der Waals surface area contributed by atoms with Crippen LogP contribution in [0.15, 0.2) is 46.8 Å². The summed E-state index contributed by atoms with van der Waals surface area (Å²) in [4.78, 5) is 16.5. The van der Waals surface area contributed by atoms with Gasteiger partial charge < -0.3 is 4.74 Å².